The summed E-state index contributed by atoms with van der Waals surface area (Å²) in [5.41, 5.74) is 2.40. The van der Waals surface area contributed by atoms with Crippen molar-refractivity contribution < 1.29 is 13.2 Å². The summed E-state index contributed by atoms with van der Waals surface area (Å²) in [6, 6.07) is 2.20. The predicted molar refractivity (Wildman–Crippen MR) is 92.2 cm³/mol. The summed E-state index contributed by atoms with van der Waals surface area (Å²) in [6.07, 6.45) is -0.0258. The third kappa shape index (κ3) is 3.85. The average Bonchev–Trinajstić information content (AvgIpc) is 3.18. The lowest BCUT2D eigenvalue weighted by Gasteiger charge is -2.20. The first-order chi connectivity index (χ1) is 12.5. The number of aryl methyl sites for hydroxylation is 2. The van der Waals surface area contributed by atoms with Gasteiger partial charge in [-0.15, -0.1) is 10.2 Å². The van der Waals surface area contributed by atoms with Crippen LogP contribution in [0.25, 0.3) is 0 Å². The topological polar surface area (TPSA) is 50.1 Å². The lowest BCUT2D eigenvalue weighted by molar-refractivity contribution is -0.138. The fourth-order valence-corrected chi connectivity index (χ4v) is 4.33. The van der Waals surface area contributed by atoms with Gasteiger partial charge in [-0.2, -0.15) is 18.3 Å². The number of aromatic nitrogens is 4. The van der Waals surface area contributed by atoms with E-state index < -0.39 is 11.2 Å². The van der Waals surface area contributed by atoms with E-state index in [1.165, 1.54) is 18.5 Å². The van der Waals surface area contributed by atoms with Gasteiger partial charge < -0.3 is 4.90 Å². The minimum Gasteiger partial charge on any atom is -0.345 e. The molecule has 0 N–H and O–H groups in total. The van der Waals surface area contributed by atoms with E-state index in [-0.39, 0.29) is 0 Å². The Balaban J connectivity index is 1.37. The van der Waals surface area contributed by atoms with E-state index in [2.05, 4.69) is 25.8 Å². The Labute approximate surface area is 153 Å². The standard InChI is InChI=1S/C16H21F3N6S/c17-16(18,19)14-20-21-15(26-14)24-6-3-5-23(8-9-24)11-12-10-13-4-1-2-7-25(13)22-12/h10H,1-9,11H2. The van der Waals surface area contributed by atoms with Gasteiger partial charge in [0, 0.05) is 45.0 Å². The summed E-state index contributed by atoms with van der Waals surface area (Å²) in [6.45, 7) is 4.83. The molecule has 0 amide bonds. The molecule has 0 spiro atoms. The summed E-state index contributed by atoms with van der Waals surface area (Å²) in [5, 5.41) is 11.2. The second-order valence-electron chi connectivity index (χ2n) is 6.81. The highest BCUT2D eigenvalue weighted by molar-refractivity contribution is 7.15. The van der Waals surface area contributed by atoms with Crippen molar-refractivity contribution in [3.05, 3.63) is 22.5 Å². The molecule has 0 radical (unpaired) electrons. The lowest BCUT2D eigenvalue weighted by atomic mass is 10.1. The van der Waals surface area contributed by atoms with Gasteiger partial charge in [0.15, 0.2) is 0 Å². The molecule has 0 aliphatic carbocycles. The van der Waals surface area contributed by atoms with Crippen LogP contribution in [0.1, 0.15) is 35.7 Å². The summed E-state index contributed by atoms with van der Waals surface area (Å²) >= 11 is 0.624. The van der Waals surface area contributed by atoms with Crippen LogP contribution in [-0.2, 0) is 25.7 Å². The largest absolute Gasteiger partial charge is 0.445 e. The summed E-state index contributed by atoms with van der Waals surface area (Å²) < 4.78 is 40.3. The van der Waals surface area contributed by atoms with Crippen LogP contribution in [0.5, 0.6) is 0 Å². The molecule has 0 saturated carbocycles. The average molecular weight is 386 g/mol. The molecule has 2 aromatic heterocycles. The molecule has 26 heavy (non-hydrogen) atoms. The molecule has 0 bridgehead atoms. The zero-order chi connectivity index (χ0) is 18.1. The van der Waals surface area contributed by atoms with Crippen LogP contribution in [-0.4, -0.2) is 51.1 Å². The van der Waals surface area contributed by atoms with Gasteiger partial charge in [-0.3, -0.25) is 9.58 Å². The molecule has 0 aromatic carbocycles. The zero-order valence-corrected chi connectivity index (χ0v) is 15.2. The van der Waals surface area contributed by atoms with E-state index >= 15 is 0 Å². The van der Waals surface area contributed by atoms with E-state index in [4.69, 9.17) is 5.10 Å². The third-order valence-corrected chi connectivity index (χ3v) is 5.90. The second kappa shape index (κ2) is 7.15. The van der Waals surface area contributed by atoms with Gasteiger partial charge in [0.2, 0.25) is 10.1 Å². The van der Waals surface area contributed by atoms with Gasteiger partial charge in [0.05, 0.1) is 5.69 Å². The van der Waals surface area contributed by atoms with Crippen molar-refractivity contribution in [2.24, 2.45) is 0 Å². The van der Waals surface area contributed by atoms with Crippen LogP contribution in [0.2, 0.25) is 0 Å². The molecular weight excluding hydrogens is 365 g/mol. The van der Waals surface area contributed by atoms with Crippen molar-refractivity contribution in [2.75, 3.05) is 31.1 Å². The summed E-state index contributed by atoms with van der Waals surface area (Å²) in [7, 11) is 0. The molecule has 6 nitrogen and oxygen atoms in total. The van der Waals surface area contributed by atoms with Gasteiger partial charge in [0.25, 0.3) is 0 Å². The van der Waals surface area contributed by atoms with E-state index in [1.807, 2.05) is 4.90 Å². The Morgan fingerprint density at radius 2 is 1.88 bits per heavy atom. The number of halogens is 3. The number of hydrogen-bond donors (Lipinski definition) is 0. The van der Waals surface area contributed by atoms with Crippen LogP contribution in [0, 0.1) is 0 Å². The normalized spacial score (nSPS) is 19.4. The summed E-state index contributed by atoms with van der Waals surface area (Å²) in [5.74, 6) is 0. The minimum atomic E-state index is -4.42. The fourth-order valence-electron chi connectivity index (χ4n) is 3.56. The van der Waals surface area contributed by atoms with Crippen LogP contribution >= 0.6 is 11.3 Å². The second-order valence-corrected chi connectivity index (χ2v) is 7.77. The van der Waals surface area contributed by atoms with E-state index in [9.17, 15) is 13.2 Å². The van der Waals surface area contributed by atoms with Crippen LogP contribution in [0.3, 0.4) is 0 Å². The first kappa shape index (κ1) is 17.7. The molecule has 2 aliphatic heterocycles. The minimum absolute atomic E-state index is 0.358. The highest BCUT2D eigenvalue weighted by Gasteiger charge is 2.36. The molecule has 4 heterocycles. The van der Waals surface area contributed by atoms with Crippen LogP contribution in [0.4, 0.5) is 18.3 Å². The highest BCUT2D eigenvalue weighted by Crippen LogP contribution is 2.34. The Hall–Kier alpha value is -1.68. The van der Waals surface area contributed by atoms with Crippen molar-refractivity contribution in [1.82, 2.24) is 24.9 Å². The Kier molecular flexibility index (Phi) is 4.87. The smallest absolute Gasteiger partial charge is 0.345 e. The number of alkyl halides is 3. The molecule has 10 heteroatoms. The molecule has 1 fully saturated rings. The molecule has 0 atom stereocenters. The van der Waals surface area contributed by atoms with E-state index in [0.29, 0.717) is 29.6 Å². The number of hydrogen-bond acceptors (Lipinski definition) is 6. The molecule has 142 valence electrons. The van der Waals surface area contributed by atoms with Gasteiger partial charge in [-0.25, -0.2) is 0 Å². The quantitative estimate of drug-likeness (QED) is 0.812. The fraction of sp³-hybridized carbons (Fsp3) is 0.688. The number of anilines is 1. The Morgan fingerprint density at radius 1 is 1.00 bits per heavy atom. The maximum atomic E-state index is 12.7. The Bertz CT molecular complexity index is 732. The van der Waals surface area contributed by atoms with Crippen molar-refractivity contribution >= 4 is 16.5 Å². The van der Waals surface area contributed by atoms with E-state index in [0.717, 1.165) is 44.7 Å². The van der Waals surface area contributed by atoms with Crippen molar-refractivity contribution in [1.29, 1.82) is 0 Å². The van der Waals surface area contributed by atoms with Crippen molar-refractivity contribution in [3.63, 3.8) is 0 Å². The number of rotatable bonds is 3. The molecule has 0 unspecified atom stereocenters. The monoisotopic (exact) mass is 386 g/mol. The van der Waals surface area contributed by atoms with Crippen LogP contribution < -0.4 is 4.90 Å². The Morgan fingerprint density at radius 3 is 2.65 bits per heavy atom. The third-order valence-electron chi connectivity index (χ3n) is 4.87. The number of fused-ring (bicyclic) bond motifs is 1. The number of nitrogens with zero attached hydrogens (tertiary/aromatic N) is 6. The maximum Gasteiger partial charge on any atom is 0.445 e. The van der Waals surface area contributed by atoms with Crippen molar-refractivity contribution in [3.8, 4) is 0 Å². The van der Waals surface area contributed by atoms with Gasteiger partial charge >= 0.3 is 6.18 Å². The molecular formula is C16H21F3N6S. The van der Waals surface area contributed by atoms with Gasteiger partial charge in [-0.05, 0) is 31.7 Å². The highest BCUT2D eigenvalue weighted by atomic mass is 32.1. The molecule has 2 aromatic rings. The van der Waals surface area contributed by atoms with Crippen molar-refractivity contribution in [2.45, 2.75) is 44.9 Å². The van der Waals surface area contributed by atoms with E-state index in [1.54, 1.807) is 0 Å². The van der Waals surface area contributed by atoms with Crippen LogP contribution in [0.15, 0.2) is 6.07 Å². The summed E-state index contributed by atoms with van der Waals surface area (Å²) in [4.78, 5) is 4.23. The maximum absolute atomic E-state index is 12.7. The zero-order valence-electron chi connectivity index (χ0n) is 14.4. The van der Waals surface area contributed by atoms with Gasteiger partial charge in [-0.1, -0.05) is 11.3 Å². The molecule has 1 saturated heterocycles. The predicted octanol–water partition coefficient (Wildman–Crippen LogP) is 2.80. The SMILES string of the molecule is FC(F)(F)c1nnc(N2CCCN(Cc3cc4n(n3)CCCC4)CC2)s1. The molecule has 4 rings (SSSR count). The lowest BCUT2D eigenvalue weighted by Crippen LogP contribution is -2.30. The first-order valence-electron chi connectivity index (χ1n) is 8.93. The van der Waals surface area contributed by atoms with Gasteiger partial charge in [0.1, 0.15) is 0 Å². The first-order valence-corrected chi connectivity index (χ1v) is 9.74. The molecule has 2 aliphatic rings.